The molecule has 1 rings (SSSR count). The van der Waals surface area contributed by atoms with Crippen molar-refractivity contribution >= 4 is 5.91 Å². The van der Waals surface area contributed by atoms with Gasteiger partial charge in [0.15, 0.2) is 0 Å². The summed E-state index contributed by atoms with van der Waals surface area (Å²) in [6, 6.07) is 0. The molecule has 1 amide bonds. The average molecular weight is 212 g/mol. The van der Waals surface area contributed by atoms with E-state index in [2.05, 4.69) is 5.32 Å². The summed E-state index contributed by atoms with van der Waals surface area (Å²) in [6.07, 6.45) is 9.56. The molecule has 1 saturated carbocycles. The van der Waals surface area contributed by atoms with Crippen molar-refractivity contribution < 1.29 is 4.79 Å². The molecule has 0 spiro atoms. The van der Waals surface area contributed by atoms with Gasteiger partial charge in [0.2, 0.25) is 5.91 Å². The number of nitrogens with one attached hydrogen (secondary N) is 1. The molecule has 1 fully saturated rings. The van der Waals surface area contributed by atoms with Crippen LogP contribution in [0.4, 0.5) is 0 Å². The topological polar surface area (TPSA) is 55.1 Å². The van der Waals surface area contributed by atoms with E-state index in [1.54, 1.807) is 0 Å². The second kappa shape index (κ2) is 7.69. The predicted octanol–water partition coefficient (Wildman–Crippen LogP) is 1.81. The van der Waals surface area contributed by atoms with E-state index in [1.807, 2.05) is 0 Å². The summed E-state index contributed by atoms with van der Waals surface area (Å²) >= 11 is 0. The maximum absolute atomic E-state index is 10.5. The lowest BCUT2D eigenvalue weighted by molar-refractivity contribution is -0.118. The van der Waals surface area contributed by atoms with Gasteiger partial charge in [0.05, 0.1) is 0 Å². The van der Waals surface area contributed by atoms with Crippen LogP contribution in [0.25, 0.3) is 0 Å². The van der Waals surface area contributed by atoms with Crippen molar-refractivity contribution in [2.45, 2.75) is 51.4 Å². The van der Waals surface area contributed by atoms with E-state index < -0.39 is 0 Å². The van der Waals surface area contributed by atoms with E-state index in [9.17, 15) is 4.79 Å². The molecule has 1 aliphatic rings. The van der Waals surface area contributed by atoms with Crippen molar-refractivity contribution in [1.29, 1.82) is 0 Å². The molecule has 0 atom stereocenters. The van der Waals surface area contributed by atoms with Crippen LogP contribution < -0.4 is 11.1 Å². The minimum Gasteiger partial charge on any atom is -0.370 e. The van der Waals surface area contributed by atoms with Crippen molar-refractivity contribution in [2.24, 2.45) is 11.7 Å². The summed E-state index contributed by atoms with van der Waals surface area (Å²) in [5.74, 6) is 0.720. The standard InChI is InChI=1S/C12H24N2O/c13-12(15)8-4-5-9-14-10-11-6-2-1-3-7-11/h11,14H,1-10H2,(H2,13,15). The molecule has 15 heavy (non-hydrogen) atoms. The summed E-state index contributed by atoms with van der Waals surface area (Å²) in [5.41, 5.74) is 5.06. The lowest BCUT2D eigenvalue weighted by Crippen LogP contribution is -2.25. The first-order valence-corrected chi connectivity index (χ1v) is 6.28. The van der Waals surface area contributed by atoms with E-state index in [-0.39, 0.29) is 5.91 Å². The molecular weight excluding hydrogens is 188 g/mol. The van der Waals surface area contributed by atoms with E-state index in [4.69, 9.17) is 5.73 Å². The molecule has 0 aliphatic heterocycles. The van der Waals surface area contributed by atoms with Gasteiger partial charge >= 0.3 is 0 Å². The van der Waals surface area contributed by atoms with Crippen LogP contribution in [-0.2, 0) is 4.79 Å². The number of carbonyl (C=O) groups is 1. The predicted molar refractivity (Wildman–Crippen MR) is 62.5 cm³/mol. The zero-order valence-electron chi connectivity index (χ0n) is 9.63. The van der Waals surface area contributed by atoms with E-state index >= 15 is 0 Å². The van der Waals surface area contributed by atoms with Crippen LogP contribution >= 0.6 is 0 Å². The van der Waals surface area contributed by atoms with Crippen molar-refractivity contribution in [3.05, 3.63) is 0 Å². The largest absolute Gasteiger partial charge is 0.370 e. The van der Waals surface area contributed by atoms with Crippen molar-refractivity contribution in [2.75, 3.05) is 13.1 Å². The number of carbonyl (C=O) groups excluding carboxylic acids is 1. The first-order chi connectivity index (χ1) is 7.29. The van der Waals surface area contributed by atoms with Gasteiger partial charge in [0.1, 0.15) is 0 Å². The van der Waals surface area contributed by atoms with E-state index in [1.165, 1.54) is 32.1 Å². The van der Waals surface area contributed by atoms with E-state index in [0.717, 1.165) is 31.8 Å². The van der Waals surface area contributed by atoms with Crippen LogP contribution in [-0.4, -0.2) is 19.0 Å². The van der Waals surface area contributed by atoms with Gasteiger partial charge in [0, 0.05) is 6.42 Å². The molecule has 0 bridgehead atoms. The van der Waals surface area contributed by atoms with Crippen molar-refractivity contribution in [3.8, 4) is 0 Å². The fourth-order valence-corrected chi connectivity index (χ4v) is 2.25. The minimum atomic E-state index is -0.178. The van der Waals surface area contributed by atoms with Gasteiger partial charge in [0.25, 0.3) is 0 Å². The first kappa shape index (κ1) is 12.5. The molecule has 3 N–H and O–H groups in total. The van der Waals surface area contributed by atoms with Crippen molar-refractivity contribution in [1.82, 2.24) is 5.32 Å². The molecule has 1 aliphatic carbocycles. The Kier molecular flexibility index (Phi) is 6.41. The molecule has 0 heterocycles. The molecular formula is C12H24N2O. The second-order valence-electron chi connectivity index (χ2n) is 4.63. The highest BCUT2D eigenvalue weighted by molar-refractivity contribution is 5.73. The van der Waals surface area contributed by atoms with Gasteiger partial charge in [-0.05, 0) is 44.7 Å². The zero-order chi connectivity index (χ0) is 10.9. The van der Waals surface area contributed by atoms with Crippen molar-refractivity contribution in [3.63, 3.8) is 0 Å². The molecule has 0 radical (unpaired) electrons. The quantitative estimate of drug-likeness (QED) is 0.632. The second-order valence-corrected chi connectivity index (χ2v) is 4.63. The maximum atomic E-state index is 10.5. The molecule has 3 nitrogen and oxygen atoms in total. The number of rotatable bonds is 7. The Bertz CT molecular complexity index is 176. The normalized spacial score (nSPS) is 17.9. The third kappa shape index (κ3) is 6.50. The molecule has 0 saturated heterocycles. The Morgan fingerprint density at radius 2 is 1.93 bits per heavy atom. The lowest BCUT2D eigenvalue weighted by atomic mass is 9.89. The SMILES string of the molecule is NC(=O)CCCCNCC1CCCCC1. The van der Waals surface area contributed by atoms with Gasteiger partial charge in [-0.15, -0.1) is 0 Å². The van der Waals surface area contributed by atoms with Gasteiger partial charge in [-0.1, -0.05) is 19.3 Å². The van der Waals surface area contributed by atoms with E-state index in [0.29, 0.717) is 6.42 Å². The highest BCUT2D eigenvalue weighted by atomic mass is 16.1. The van der Waals surface area contributed by atoms with Gasteiger partial charge < -0.3 is 11.1 Å². The number of hydrogen-bond acceptors (Lipinski definition) is 2. The molecule has 0 aromatic carbocycles. The fourth-order valence-electron chi connectivity index (χ4n) is 2.25. The number of unbranched alkanes of at least 4 members (excludes halogenated alkanes) is 1. The third-order valence-electron chi connectivity index (χ3n) is 3.18. The average Bonchev–Trinajstić information content (AvgIpc) is 2.24. The van der Waals surface area contributed by atoms with Crippen LogP contribution in [0.1, 0.15) is 51.4 Å². The number of primary amides is 1. The Labute approximate surface area is 92.8 Å². The minimum absolute atomic E-state index is 0.178. The highest BCUT2D eigenvalue weighted by Crippen LogP contribution is 2.22. The molecule has 0 aromatic heterocycles. The summed E-state index contributed by atoms with van der Waals surface area (Å²) in [7, 11) is 0. The summed E-state index contributed by atoms with van der Waals surface area (Å²) in [5, 5.41) is 3.48. The smallest absolute Gasteiger partial charge is 0.217 e. The number of amides is 1. The van der Waals surface area contributed by atoms with Crippen LogP contribution in [0.2, 0.25) is 0 Å². The molecule has 3 heteroatoms. The summed E-state index contributed by atoms with van der Waals surface area (Å²) < 4.78 is 0. The highest BCUT2D eigenvalue weighted by Gasteiger charge is 2.12. The van der Waals surface area contributed by atoms with Gasteiger partial charge in [-0.3, -0.25) is 4.79 Å². The Morgan fingerprint density at radius 1 is 1.20 bits per heavy atom. The lowest BCUT2D eigenvalue weighted by Gasteiger charge is -2.21. The van der Waals surface area contributed by atoms with Crippen LogP contribution in [0, 0.1) is 5.92 Å². The van der Waals surface area contributed by atoms with Gasteiger partial charge in [-0.25, -0.2) is 0 Å². The first-order valence-electron chi connectivity index (χ1n) is 6.28. The van der Waals surface area contributed by atoms with Crippen LogP contribution in [0.15, 0.2) is 0 Å². The Hall–Kier alpha value is -0.570. The summed E-state index contributed by atoms with van der Waals surface area (Å²) in [4.78, 5) is 10.5. The number of hydrogen-bond donors (Lipinski definition) is 2. The Morgan fingerprint density at radius 3 is 2.60 bits per heavy atom. The fraction of sp³-hybridized carbons (Fsp3) is 0.917. The monoisotopic (exact) mass is 212 g/mol. The zero-order valence-corrected chi connectivity index (χ0v) is 9.63. The maximum Gasteiger partial charge on any atom is 0.217 e. The van der Waals surface area contributed by atoms with Gasteiger partial charge in [-0.2, -0.15) is 0 Å². The number of nitrogens with two attached hydrogens (primary N) is 1. The summed E-state index contributed by atoms with van der Waals surface area (Å²) in [6.45, 7) is 2.19. The van der Waals surface area contributed by atoms with Crippen LogP contribution in [0.5, 0.6) is 0 Å². The Balaban J connectivity index is 1.85. The third-order valence-corrected chi connectivity index (χ3v) is 3.18. The molecule has 88 valence electrons. The van der Waals surface area contributed by atoms with Crippen LogP contribution in [0.3, 0.4) is 0 Å². The molecule has 0 unspecified atom stereocenters. The molecule has 0 aromatic rings.